The van der Waals surface area contributed by atoms with Crippen LogP contribution in [0.25, 0.3) is 0 Å². The molecule has 0 heterocycles. The normalized spacial score (nSPS) is 14.8. The molecule has 0 aliphatic heterocycles. The van der Waals surface area contributed by atoms with Crippen molar-refractivity contribution >= 4 is 5.97 Å². The molecule has 118 valence electrons. The predicted molar refractivity (Wildman–Crippen MR) is 88.3 cm³/mol. The van der Waals surface area contributed by atoms with Gasteiger partial charge in [-0.3, -0.25) is 0 Å². The molecule has 0 bridgehead atoms. The Kier molecular flexibility index (Phi) is 8.63. The second kappa shape index (κ2) is 9.35. The lowest BCUT2D eigenvalue weighted by Gasteiger charge is -2.26. The zero-order valence-corrected chi connectivity index (χ0v) is 13.8. The Labute approximate surface area is 128 Å². The number of unbranched alkanes of at least 4 members (excludes halogenated alkanes) is 1. The number of carbonyl (C=O) groups is 1. The minimum Gasteiger partial charge on any atom is -0.479 e. The Balaban J connectivity index is 5.15. The number of ether oxygens (including phenoxy) is 1. The largest absolute Gasteiger partial charge is 0.479 e. The second-order valence-corrected chi connectivity index (χ2v) is 5.95. The van der Waals surface area contributed by atoms with Crippen molar-refractivity contribution in [3.8, 4) is 0 Å². The molecule has 0 saturated carbocycles. The third kappa shape index (κ3) is 9.03. The van der Waals surface area contributed by atoms with E-state index in [0.717, 1.165) is 12.8 Å². The molecule has 1 atom stereocenters. The highest BCUT2D eigenvalue weighted by molar-refractivity contribution is 5.78. The zero-order chi connectivity index (χ0) is 16.5. The number of carboxylic acids is 1. The van der Waals surface area contributed by atoms with Crippen LogP contribution >= 0.6 is 0 Å². The fourth-order valence-corrected chi connectivity index (χ4v) is 1.62. The highest BCUT2D eigenvalue weighted by Crippen LogP contribution is 2.21. The molecule has 0 fully saturated rings. The molecule has 1 N–H and O–H groups in total. The van der Waals surface area contributed by atoms with Gasteiger partial charge in [0.25, 0.3) is 0 Å². The van der Waals surface area contributed by atoms with E-state index in [-0.39, 0.29) is 0 Å². The summed E-state index contributed by atoms with van der Waals surface area (Å²) in [6.45, 7) is 13.3. The van der Waals surface area contributed by atoms with Gasteiger partial charge >= 0.3 is 5.97 Å². The van der Waals surface area contributed by atoms with Crippen molar-refractivity contribution in [1.82, 2.24) is 0 Å². The summed E-state index contributed by atoms with van der Waals surface area (Å²) in [4.78, 5) is 11.5. The fourth-order valence-electron chi connectivity index (χ4n) is 1.62. The first-order valence-corrected chi connectivity index (χ1v) is 7.29. The maximum absolute atomic E-state index is 11.5. The van der Waals surface area contributed by atoms with Gasteiger partial charge in [0, 0.05) is 0 Å². The smallest absolute Gasteiger partial charge is 0.337 e. The van der Waals surface area contributed by atoms with Crippen LogP contribution in [0.4, 0.5) is 0 Å². The monoisotopic (exact) mass is 292 g/mol. The van der Waals surface area contributed by atoms with Gasteiger partial charge in [-0.15, -0.1) is 0 Å². The summed E-state index contributed by atoms with van der Waals surface area (Å²) < 4.78 is 5.64. The molecule has 1 unspecified atom stereocenters. The van der Waals surface area contributed by atoms with Crippen molar-refractivity contribution in [2.75, 3.05) is 0 Å². The minimum absolute atomic E-state index is 0.539. The van der Waals surface area contributed by atoms with E-state index < -0.39 is 17.7 Å². The number of hydrogen-bond acceptors (Lipinski definition) is 2. The summed E-state index contributed by atoms with van der Waals surface area (Å²) in [5, 5.41) is 9.38. The SMILES string of the molecule is C=C(C)C(=CC=CC=CCCC)C(OC(C)(C)C)C(=O)O. The Hall–Kier alpha value is -1.61. The Morgan fingerprint density at radius 1 is 1.29 bits per heavy atom. The number of aliphatic carboxylic acids is 1. The Morgan fingerprint density at radius 3 is 2.33 bits per heavy atom. The van der Waals surface area contributed by atoms with Crippen LogP contribution in [0.1, 0.15) is 47.5 Å². The van der Waals surface area contributed by atoms with E-state index >= 15 is 0 Å². The van der Waals surface area contributed by atoms with E-state index in [0.29, 0.717) is 11.1 Å². The highest BCUT2D eigenvalue weighted by Gasteiger charge is 2.28. The number of allylic oxidation sites excluding steroid dienone is 5. The molecule has 0 aromatic heterocycles. The van der Waals surface area contributed by atoms with E-state index in [2.05, 4.69) is 19.6 Å². The molecule has 0 rings (SSSR count). The van der Waals surface area contributed by atoms with Gasteiger partial charge in [-0.05, 0) is 39.7 Å². The van der Waals surface area contributed by atoms with Gasteiger partial charge in [0.05, 0.1) is 5.60 Å². The maximum atomic E-state index is 11.5. The quantitative estimate of drug-likeness (QED) is 0.661. The van der Waals surface area contributed by atoms with E-state index in [1.54, 1.807) is 13.0 Å². The van der Waals surface area contributed by atoms with Crippen LogP contribution in [-0.2, 0) is 9.53 Å². The summed E-state index contributed by atoms with van der Waals surface area (Å²) in [5.41, 5.74) is 0.730. The van der Waals surface area contributed by atoms with Gasteiger partial charge < -0.3 is 9.84 Å². The molecule has 3 nitrogen and oxygen atoms in total. The van der Waals surface area contributed by atoms with Crippen LogP contribution in [0, 0.1) is 0 Å². The Bertz CT molecular complexity index is 434. The molecule has 21 heavy (non-hydrogen) atoms. The van der Waals surface area contributed by atoms with Gasteiger partial charge in [0.1, 0.15) is 0 Å². The van der Waals surface area contributed by atoms with Crippen LogP contribution in [0.2, 0.25) is 0 Å². The molecule has 0 aliphatic carbocycles. The van der Waals surface area contributed by atoms with Crippen molar-refractivity contribution in [2.24, 2.45) is 0 Å². The van der Waals surface area contributed by atoms with Crippen molar-refractivity contribution in [3.05, 3.63) is 48.1 Å². The van der Waals surface area contributed by atoms with Crippen molar-refractivity contribution in [2.45, 2.75) is 59.2 Å². The molecule has 0 radical (unpaired) electrons. The van der Waals surface area contributed by atoms with E-state index in [1.165, 1.54) is 0 Å². The summed E-state index contributed by atoms with van der Waals surface area (Å²) in [6, 6.07) is 0. The molecule has 3 heteroatoms. The van der Waals surface area contributed by atoms with E-state index in [4.69, 9.17) is 4.74 Å². The van der Waals surface area contributed by atoms with Gasteiger partial charge in [0.15, 0.2) is 6.10 Å². The van der Waals surface area contributed by atoms with Crippen LogP contribution in [0.3, 0.4) is 0 Å². The number of rotatable bonds is 8. The average molecular weight is 292 g/mol. The lowest BCUT2D eigenvalue weighted by Crippen LogP contribution is -2.35. The lowest BCUT2D eigenvalue weighted by atomic mass is 10.0. The third-order valence-electron chi connectivity index (χ3n) is 2.56. The van der Waals surface area contributed by atoms with Gasteiger partial charge in [0.2, 0.25) is 0 Å². The van der Waals surface area contributed by atoms with E-state index in [9.17, 15) is 9.90 Å². The van der Waals surface area contributed by atoms with Gasteiger partial charge in [-0.2, -0.15) is 0 Å². The topological polar surface area (TPSA) is 46.5 Å². The molecule has 0 saturated heterocycles. The summed E-state index contributed by atoms with van der Waals surface area (Å²) in [6.07, 6.45) is 10.6. The third-order valence-corrected chi connectivity index (χ3v) is 2.56. The molecular weight excluding hydrogens is 264 g/mol. The standard InChI is InChI=1S/C18H28O3/c1-7-8-9-10-11-12-13-15(14(2)3)16(17(19)20)21-18(4,5)6/h9-13,16H,2,7-8H2,1,3-6H3,(H,19,20). The Morgan fingerprint density at radius 2 is 1.90 bits per heavy atom. The van der Waals surface area contributed by atoms with Crippen molar-refractivity contribution < 1.29 is 14.6 Å². The van der Waals surface area contributed by atoms with Crippen molar-refractivity contribution in [1.29, 1.82) is 0 Å². The minimum atomic E-state index is -1.01. The second-order valence-electron chi connectivity index (χ2n) is 5.95. The number of carboxylic acid groups (broad SMARTS) is 1. The molecule has 0 aromatic rings. The van der Waals surface area contributed by atoms with Crippen LogP contribution in [0.5, 0.6) is 0 Å². The highest BCUT2D eigenvalue weighted by atomic mass is 16.5. The lowest BCUT2D eigenvalue weighted by molar-refractivity contribution is -0.155. The first kappa shape index (κ1) is 19.4. The van der Waals surface area contributed by atoms with Gasteiger partial charge in [-0.1, -0.05) is 55.9 Å². The van der Waals surface area contributed by atoms with Crippen LogP contribution < -0.4 is 0 Å². The van der Waals surface area contributed by atoms with Gasteiger partial charge in [-0.25, -0.2) is 4.79 Å². The summed E-state index contributed by atoms with van der Waals surface area (Å²) in [7, 11) is 0. The maximum Gasteiger partial charge on any atom is 0.337 e. The number of hydrogen-bond donors (Lipinski definition) is 1. The average Bonchev–Trinajstić information content (AvgIpc) is 2.34. The molecular formula is C18H28O3. The van der Waals surface area contributed by atoms with Crippen LogP contribution in [0.15, 0.2) is 48.1 Å². The molecule has 0 spiro atoms. The summed E-state index contributed by atoms with van der Waals surface area (Å²) in [5.74, 6) is -1.01. The van der Waals surface area contributed by atoms with Crippen LogP contribution in [-0.4, -0.2) is 22.8 Å². The summed E-state index contributed by atoms with van der Waals surface area (Å²) >= 11 is 0. The molecule has 0 aromatic carbocycles. The molecule has 0 aliphatic rings. The first-order valence-electron chi connectivity index (χ1n) is 7.29. The fraction of sp³-hybridized carbons (Fsp3) is 0.500. The first-order chi connectivity index (χ1) is 9.69. The predicted octanol–water partition coefficient (Wildman–Crippen LogP) is 4.67. The molecule has 0 amide bonds. The zero-order valence-electron chi connectivity index (χ0n) is 13.8. The van der Waals surface area contributed by atoms with Crippen molar-refractivity contribution in [3.63, 3.8) is 0 Å². The van der Waals surface area contributed by atoms with E-state index in [1.807, 2.05) is 39.0 Å².